The Balaban J connectivity index is 1.85. The number of hydrogen-bond donors (Lipinski definition) is 0. The van der Waals surface area contributed by atoms with Crippen molar-refractivity contribution in [3.8, 4) is 12.1 Å². The molecule has 0 saturated heterocycles. The van der Waals surface area contributed by atoms with Gasteiger partial charge in [-0.15, -0.1) is 0 Å². The van der Waals surface area contributed by atoms with Crippen LogP contribution in [-0.4, -0.2) is 18.7 Å². The van der Waals surface area contributed by atoms with E-state index in [4.69, 9.17) is 0 Å². The zero-order valence-corrected chi connectivity index (χ0v) is 21.8. The second-order valence-electron chi connectivity index (χ2n) is 8.73. The summed E-state index contributed by atoms with van der Waals surface area (Å²) in [7, 11) is 4.01. The van der Waals surface area contributed by atoms with E-state index in [1.165, 1.54) is 5.52 Å². The van der Waals surface area contributed by atoms with Crippen LogP contribution in [0.5, 0.6) is 0 Å². The Morgan fingerprint density at radius 3 is 2.23 bits per heavy atom. The zero-order chi connectivity index (χ0) is 24.9. The standard InChI is InChI=1S/C30H27BrN4/c1-4-5-16-35-29-14-9-22(17-27(29)28-18-24(31)10-15-30(28)35)26(23(19-32)20-33)13-8-21-6-11-25(12-7-21)34(2)3/h6-15,17-18H,4-5,16H2,1-3H3/b13-8+. The van der Waals surface area contributed by atoms with Crippen molar-refractivity contribution in [2.24, 2.45) is 0 Å². The maximum Gasteiger partial charge on any atom is 0.137 e. The van der Waals surface area contributed by atoms with Crippen LogP contribution in [0.1, 0.15) is 30.9 Å². The number of benzene rings is 3. The van der Waals surface area contributed by atoms with Gasteiger partial charge in [-0.1, -0.05) is 59.6 Å². The van der Waals surface area contributed by atoms with E-state index < -0.39 is 0 Å². The fraction of sp³-hybridized carbons (Fsp3) is 0.200. The predicted octanol–water partition coefficient (Wildman–Crippen LogP) is 7.94. The number of anilines is 1. The number of unbranched alkanes of at least 4 members (excludes halogenated alkanes) is 1. The molecule has 4 nitrogen and oxygen atoms in total. The number of nitrogens with zero attached hydrogens (tertiary/aromatic N) is 4. The highest BCUT2D eigenvalue weighted by Gasteiger charge is 2.14. The molecule has 1 aromatic heterocycles. The quantitative estimate of drug-likeness (QED) is 0.183. The molecule has 4 aromatic rings. The minimum atomic E-state index is 0.0985. The van der Waals surface area contributed by atoms with Crippen LogP contribution in [0.25, 0.3) is 33.5 Å². The molecule has 0 radical (unpaired) electrons. The molecular formula is C30H27BrN4. The molecule has 0 N–H and O–H groups in total. The van der Waals surface area contributed by atoms with Crippen molar-refractivity contribution in [3.63, 3.8) is 0 Å². The number of rotatable bonds is 7. The first kappa shape index (κ1) is 24.3. The second-order valence-corrected chi connectivity index (χ2v) is 9.65. The number of aryl methyl sites for hydroxylation is 1. The molecule has 35 heavy (non-hydrogen) atoms. The number of halogens is 1. The third-order valence-corrected chi connectivity index (χ3v) is 6.71. The second kappa shape index (κ2) is 10.6. The van der Waals surface area contributed by atoms with Crippen molar-refractivity contribution in [1.29, 1.82) is 10.5 Å². The third kappa shape index (κ3) is 5.02. The van der Waals surface area contributed by atoms with Crippen LogP contribution in [-0.2, 0) is 6.54 Å². The van der Waals surface area contributed by atoms with Gasteiger partial charge < -0.3 is 9.47 Å². The fourth-order valence-electron chi connectivity index (χ4n) is 4.33. The minimum absolute atomic E-state index is 0.0985. The van der Waals surface area contributed by atoms with Gasteiger partial charge in [-0.3, -0.25) is 0 Å². The summed E-state index contributed by atoms with van der Waals surface area (Å²) in [6.07, 6.45) is 6.05. The van der Waals surface area contributed by atoms with Crippen molar-refractivity contribution >= 4 is 55.1 Å². The summed E-state index contributed by atoms with van der Waals surface area (Å²) in [5.41, 5.74) is 6.05. The molecule has 3 aromatic carbocycles. The lowest BCUT2D eigenvalue weighted by Gasteiger charge is -2.12. The lowest BCUT2D eigenvalue weighted by molar-refractivity contribution is 0.665. The minimum Gasteiger partial charge on any atom is -0.378 e. The molecule has 0 saturated carbocycles. The first-order valence-corrected chi connectivity index (χ1v) is 12.5. The summed E-state index contributed by atoms with van der Waals surface area (Å²) < 4.78 is 3.39. The van der Waals surface area contributed by atoms with Gasteiger partial charge in [0.1, 0.15) is 17.7 Å². The summed E-state index contributed by atoms with van der Waals surface area (Å²) in [5, 5.41) is 21.7. The van der Waals surface area contributed by atoms with Crippen LogP contribution < -0.4 is 4.90 Å². The highest BCUT2D eigenvalue weighted by molar-refractivity contribution is 9.10. The van der Waals surface area contributed by atoms with E-state index in [-0.39, 0.29) is 5.57 Å². The van der Waals surface area contributed by atoms with E-state index in [0.29, 0.717) is 5.57 Å². The smallest absolute Gasteiger partial charge is 0.137 e. The van der Waals surface area contributed by atoms with Crippen LogP contribution in [0.15, 0.2) is 76.8 Å². The molecule has 0 unspecified atom stereocenters. The first-order valence-electron chi connectivity index (χ1n) is 11.7. The summed E-state index contributed by atoms with van der Waals surface area (Å²) in [6.45, 7) is 3.15. The lowest BCUT2D eigenvalue weighted by atomic mass is 9.97. The van der Waals surface area contributed by atoms with E-state index in [2.05, 4.69) is 69.9 Å². The highest BCUT2D eigenvalue weighted by Crippen LogP contribution is 2.34. The van der Waals surface area contributed by atoms with Crippen molar-refractivity contribution in [2.75, 3.05) is 19.0 Å². The maximum absolute atomic E-state index is 9.69. The molecule has 0 aliphatic rings. The van der Waals surface area contributed by atoms with Gasteiger partial charge >= 0.3 is 0 Å². The Morgan fingerprint density at radius 2 is 1.60 bits per heavy atom. The van der Waals surface area contributed by atoms with Gasteiger partial charge in [-0.2, -0.15) is 10.5 Å². The van der Waals surface area contributed by atoms with Gasteiger partial charge in [0.15, 0.2) is 0 Å². The molecule has 5 heteroatoms. The lowest BCUT2D eigenvalue weighted by Crippen LogP contribution is -2.07. The van der Waals surface area contributed by atoms with Crippen molar-refractivity contribution in [3.05, 3.63) is 87.9 Å². The van der Waals surface area contributed by atoms with Crippen molar-refractivity contribution in [2.45, 2.75) is 26.3 Å². The van der Waals surface area contributed by atoms with Gasteiger partial charge in [0.25, 0.3) is 0 Å². The maximum atomic E-state index is 9.69. The number of fused-ring (bicyclic) bond motifs is 3. The van der Waals surface area contributed by atoms with Gasteiger partial charge in [-0.25, -0.2) is 0 Å². The van der Waals surface area contributed by atoms with Crippen molar-refractivity contribution in [1.82, 2.24) is 4.57 Å². The van der Waals surface area contributed by atoms with Crippen LogP contribution in [0.2, 0.25) is 0 Å². The summed E-state index contributed by atoms with van der Waals surface area (Å²) in [4.78, 5) is 2.05. The average Bonchev–Trinajstić information content (AvgIpc) is 3.17. The molecule has 0 atom stereocenters. The fourth-order valence-corrected chi connectivity index (χ4v) is 4.69. The van der Waals surface area contributed by atoms with E-state index >= 15 is 0 Å². The molecule has 0 bridgehead atoms. The van der Waals surface area contributed by atoms with Crippen LogP contribution >= 0.6 is 15.9 Å². The van der Waals surface area contributed by atoms with Gasteiger partial charge in [0.05, 0.1) is 0 Å². The number of nitriles is 2. The molecule has 0 amide bonds. The Labute approximate surface area is 215 Å². The third-order valence-electron chi connectivity index (χ3n) is 6.22. The average molecular weight is 523 g/mol. The Hall–Kier alpha value is -3.80. The molecule has 174 valence electrons. The molecular weight excluding hydrogens is 496 g/mol. The summed E-state index contributed by atoms with van der Waals surface area (Å²) in [5.74, 6) is 0. The van der Waals surface area contributed by atoms with Crippen LogP contribution in [0, 0.1) is 22.7 Å². The summed E-state index contributed by atoms with van der Waals surface area (Å²) in [6, 6.07) is 24.9. The monoisotopic (exact) mass is 522 g/mol. The molecule has 0 spiro atoms. The number of allylic oxidation sites excluding steroid dienone is 3. The largest absolute Gasteiger partial charge is 0.378 e. The Bertz CT molecular complexity index is 1510. The molecule has 1 heterocycles. The van der Waals surface area contributed by atoms with Gasteiger partial charge in [-0.05, 0) is 60.0 Å². The van der Waals surface area contributed by atoms with E-state index in [1.807, 2.05) is 61.5 Å². The predicted molar refractivity (Wildman–Crippen MR) is 150 cm³/mol. The number of hydrogen-bond acceptors (Lipinski definition) is 3. The number of aromatic nitrogens is 1. The molecule has 4 rings (SSSR count). The van der Waals surface area contributed by atoms with Gasteiger partial charge in [0.2, 0.25) is 0 Å². The highest BCUT2D eigenvalue weighted by atomic mass is 79.9. The first-order chi connectivity index (χ1) is 17.0. The van der Waals surface area contributed by atoms with E-state index in [1.54, 1.807) is 0 Å². The Morgan fingerprint density at radius 1 is 0.943 bits per heavy atom. The molecule has 0 aliphatic carbocycles. The zero-order valence-electron chi connectivity index (χ0n) is 20.2. The normalized spacial score (nSPS) is 11.0. The van der Waals surface area contributed by atoms with Crippen LogP contribution in [0.3, 0.4) is 0 Å². The van der Waals surface area contributed by atoms with E-state index in [0.717, 1.165) is 57.0 Å². The SMILES string of the molecule is CCCCn1c2ccc(Br)cc2c2cc(C(/C=C/c3ccc(N(C)C)cc3)=C(C#N)C#N)ccc21. The summed E-state index contributed by atoms with van der Waals surface area (Å²) >= 11 is 3.62. The van der Waals surface area contributed by atoms with E-state index in [9.17, 15) is 10.5 Å². The molecule has 0 aliphatic heterocycles. The topological polar surface area (TPSA) is 55.8 Å². The Kier molecular flexibility index (Phi) is 7.39. The van der Waals surface area contributed by atoms with Crippen LogP contribution in [0.4, 0.5) is 5.69 Å². The molecule has 0 fully saturated rings. The van der Waals surface area contributed by atoms with Gasteiger partial charge in [0, 0.05) is 58.2 Å². The van der Waals surface area contributed by atoms with Crippen molar-refractivity contribution < 1.29 is 0 Å².